The van der Waals surface area contributed by atoms with Crippen LogP contribution in [0.3, 0.4) is 0 Å². The number of aromatic amines is 1. The molecule has 3 aromatic heterocycles. The van der Waals surface area contributed by atoms with Crippen LogP contribution in [0, 0.1) is 0 Å². The second-order valence-electron chi connectivity index (χ2n) is 8.04. The van der Waals surface area contributed by atoms with Crippen LogP contribution in [0.1, 0.15) is 16.1 Å². The minimum atomic E-state index is -1.10. The summed E-state index contributed by atoms with van der Waals surface area (Å²) in [5, 5.41) is 31.0. The molecule has 3 heterocycles. The first-order chi connectivity index (χ1) is 17.4. The van der Waals surface area contributed by atoms with Crippen LogP contribution in [0.25, 0.3) is 38.9 Å². The summed E-state index contributed by atoms with van der Waals surface area (Å²) in [6.07, 6.45) is 1.71. The fraction of sp³-hybridized carbons (Fsp3) is 0.0417. The molecule has 0 bridgehead atoms. The lowest BCUT2D eigenvalue weighted by Crippen LogP contribution is -2.04. The van der Waals surface area contributed by atoms with E-state index in [-0.39, 0.29) is 5.69 Å². The van der Waals surface area contributed by atoms with Crippen LogP contribution in [-0.4, -0.2) is 46.0 Å². The largest absolute Gasteiger partial charge is 0.476 e. The summed E-state index contributed by atoms with van der Waals surface area (Å²) in [5.41, 5.74) is 4.91. The molecule has 0 aliphatic rings. The number of aromatic carboxylic acids is 1. The van der Waals surface area contributed by atoms with Gasteiger partial charge in [0.25, 0.3) is 0 Å². The van der Waals surface area contributed by atoms with E-state index in [1.54, 1.807) is 41.2 Å². The Bertz CT molecular complexity index is 1800. The molecule has 6 aromatic rings. The molecule has 178 valence electrons. The zero-order chi connectivity index (χ0) is 25.0. The first-order valence-corrected chi connectivity index (χ1v) is 11.8. The minimum absolute atomic E-state index is 0.0422. The number of hydrogen-bond donors (Lipinski definition) is 2. The molecule has 0 atom stereocenters. The van der Waals surface area contributed by atoms with E-state index in [0.717, 1.165) is 16.8 Å². The van der Waals surface area contributed by atoms with Gasteiger partial charge in [-0.3, -0.25) is 9.78 Å². The molecule has 0 aliphatic heterocycles. The Labute approximate surface area is 217 Å². The average molecular weight is 539 g/mol. The third-order valence-electron chi connectivity index (χ3n) is 5.85. The van der Waals surface area contributed by atoms with E-state index in [4.69, 9.17) is 34.8 Å². The maximum Gasteiger partial charge on any atom is 0.357 e. The van der Waals surface area contributed by atoms with Gasteiger partial charge in [0.1, 0.15) is 5.52 Å². The number of fused-ring (bicyclic) bond motifs is 2. The van der Waals surface area contributed by atoms with E-state index in [2.05, 4.69) is 25.6 Å². The Hall–Kier alpha value is -3.92. The molecule has 0 aliphatic carbocycles. The van der Waals surface area contributed by atoms with Gasteiger partial charge in [0.2, 0.25) is 0 Å². The van der Waals surface area contributed by atoms with E-state index in [0.29, 0.717) is 49.2 Å². The number of rotatable bonds is 5. The maximum atomic E-state index is 11.4. The first kappa shape index (κ1) is 22.5. The number of carbonyl (C=O) groups is 1. The average Bonchev–Trinajstić information content (AvgIpc) is 3.58. The summed E-state index contributed by atoms with van der Waals surface area (Å²) in [6, 6.07) is 16.2. The van der Waals surface area contributed by atoms with Gasteiger partial charge >= 0.3 is 5.97 Å². The lowest BCUT2D eigenvalue weighted by molar-refractivity contribution is 0.0692. The number of carboxylic acids is 1. The molecular weight excluding hydrogens is 525 g/mol. The quantitative estimate of drug-likeness (QED) is 0.284. The number of nitrogens with zero attached hydrogens (tertiary/aromatic N) is 6. The lowest BCUT2D eigenvalue weighted by Gasteiger charge is -2.11. The highest BCUT2D eigenvalue weighted by Gasteiger charge is 2.17. The summed E-state index contributed by atoms with van der Waals surface area (Å²) in [6.45, 7) is 0.438. The van der Waals surface area contributed by atoms with Crippen molar-refractivity contribution in [1.82, 2.24) is 35.0 Å². The highest BCUT2D eigenvalue weighted by Crippen LogP contribution is 2.32. The predicted octanol–water partition coefficient (Wildman–Crippen LogP) is 5.87. The van der Waals surface area contributed by atoms with E-state index in [1.807, 2.05) is 28.9 Å². The van der Waals surface area contributed by atoms with Gasteiger partial charge in [-0.1, -0.05) is 46.1 Å². The molecule has 0 amide bonds. The monoisotopic (exact) mass is 537 g/mol. The van der Waals surface area contributed by atoms with Gasteiger partial charge in [0, 0.05) is 27.2 Å². The SMILES string of the molecule is O=C(O)c1n[nH]c2cc(-n3nnc4c(Cl)cc(-c5ccnn5Cc5ccc(Cl)cc5Cl)cc43)ccc12. The Morgan fingerprint density at radius 3 is 2.67 bits per heavy atom. The van der Waals surface area contributed by atoms with E-state index in [9.17, 15) is 9.90 Å². The Morgan fingerprint density at radius 2 is 1.86 bits per heavy atom. The molecule has 6 rings (SSSR count). The standard InChI is InChI=1S/C24H14Cl3N7O2/c25-14-2-1-12(17(26)9-14)11-33-20(5-6-28-33)13-7-18(27)23-21(8-13)34(32-31-23)15-3-4-16-19(10-15)29-30-22(16)24(35)36/h1-10H,11H2,(H,29,30)(H,35,36). The van der Waals surface area contributed by atoms with E-state index in [1.165, 1.54) is 0 Å². The normalized spacial score (nSPS) is 11.5. The third-order valence-corrected chi connectivity index (χ3v) is 6.72. The number of H-pyrrole nitrogens is 1. The Kier molecular flexibility index (Phi) is 5.40. The molecule has 0 saturated carbocycles. The third kappa shape index (κ3) is 3.78. The molecule has 0 fully saturated rings. The first-order valence-electron chi connectivity index (χ1n) is 10.6. The molecule has 0 radical (unpaired) electrons. The van der Waals surface area contributed by atoms with Crippen LogP contribution in [0.15, 0.2) is 60.8 Å². The number of aromatic nitrogens is 7. The molecular formula is C24H14Cl3N7O2. The van der Waals surface area contributed by atoms with Crippen molar-refractivity contribution in [3.63, 3.8) is 0 Å². The van der Waals surface area contributed by atoms with Crippen molar-refractivity contribution < 1.29 is 9.90 Å². The van der Waals surface area contributed by atoms with Crippen molar-refractivity contribution in [2.45, 2.75) is 6.54 Å². The maximum absolute atomic E-state index is 11.4. The van der Waals surface area contributed by atoms with Crippen LogP contribution in [0.5, 0.6) is 0 Å². The Morgan fingerprint density at radius 1 is 1.00 bits per heavy atom. The summed E-state index contributed by atoms with van der Waals surface area (Å²) >= 11 is 19.0. The molecule has 2 N–H and O–H groups in total. The van der Waals surface area contributed by atoms with Gasteiger partial charge in [0.15, 0.2) is 5.69 Å². The molecule has 0 saturated heterocycles. The molecule has 9 nitrogen and oxygen atoms in total. The van der Waals surface area contributed by atoms with Crippen molar-refractivity contribution >= 4 is 62.7 Å². The van der Waals surface area contributed by atoms with Crippen molar-refractivity contribution in [1.29, 1.82) is 0 Å². The highest BCUT2D eigenvalue weighted by molar-refractivity contribution is 6.35. The molecule has 0 unspecified atom stereocenters. The second-order valence-corrected chi connectivity index (χ2v) is 9.29. The van der Waals surface area contributed by atoms with Crippen LogP contribution in [0.4, 0.5) is 0 Å². The van der Waals surface area contributed by atoms with Crippen molar-refractivity contribution in [2.75, 3.05) is 0 Å². The van der Waals surface area contributed by atoms with Gasteiger partial charge in [-0.05, 0) is 54.1 Å². The van der Waals surface area contributed by atoms with Gasteiger partial charge in [-0.2, -0.15) is 10.2 Å². The van der Waals surface area contributed by atoms with Gasteiger partial charge in [-0.15, -0.1) is 5.10 Å². The summed E-state index contributed by atoms with van der Waals surface area (Å²) in [7, 11) is 0. The number of nitrogens with one attached hydrogen (secondary N) is 1. The van der Waals surface area contributed by atoms with Gasteiger partial charge < -0.3 is 5.11 Å². The number of benzene rings is 3. The lowest BCUT2D eigenvalue weighted by atomic mass is 10.1. The highest BCUT2D eigenvalue weighted by atomic mass is 35.5. The second kappa shape index (κ2) is 8.63. The van der Waals surface area contributed by atoms with Crippen molar-refractivity contribution in [3.8, 4) is 16.9 Å². The fourth-order valence-corrected chi connectivity index (χ4v) is 4.86. The van der Waals surface area contributed by atoms with Crippen LogP contribution in [-0.2, 0) is 6.54 Å². The zero-order valence-electron chi connectivity index (χ0n) is 18.2. The molecule has 3 aromatic carbocycles. The zero-order valence-corrected chi connectivity index (χ0v) is 20.4. The molecule has 0 spiro atoms. The summed E-state index contributed by atoms with van der Waals surface area (Å²) in [4.78, 5) is 11.4. The summed E-state index contributed by atoms with van der Waals surface area (Å²) in [5.74, 6) is -1.10. The van der Waals surface area contributed by atoms with Crippen molar-refractivity contribution in [3.05, 3.63) is 87.1 Å². The number of hydrogen-bond acceptors (Lipinski definition) is 5. The number of carboxylic acid groups (broad SMARTS) is 1. The van der Waals surface area contributed by atoms with Crippen LogP contribution >= 0.6 is 34.8 Å². The smallest absolute Gasteiger partial charge is 0.357 e. The topological polar surface area (TPSA) is 115 Å². The van der Waals surface area contributed by atoms with Gasteiger partial charge in [0.05, 0.1) is 34.0 Å². The fourth-order valence-electron chi connectivity index (χ4n) is 4.14. The van der Waals surface area contributed by atoms with E-state index >= 15 is 0 Å². The van der Waals surface area contributed by atoms with Crippen LogP contribution in [0.2, 0.25) is 15.1 Å². The molecule has 12 heteroatoms. The predicted molar refractivity (Wildman–Crippen MR) is 137 cm³/mol. The van der Waals surface area contributed by atoms with E-state index < -0.39 is 5.97 Å². The van der Waals surface area contributed by atoms with Crippen LogP contribution < -0.4 is 0 Å². The molecule has 36 heavy (non-hydrogen) atoms. The Balaban J connectivity index is 1.44. The summed E-state index contributed by atoms with van der Waals surface area (Å²) < 4.78 is 3.47. The van der Waals surface area contributed by atoms with Gasteiger partial charge in [-0.25, -0.2) is 9.48 Å². The number of halogens is 3. The van der Waals surface area contributed by atoms with Crippen molar-refractivity contribution in [2.24, 2.45) is 0 Å². The minimum Gasteiger partial charge on any atom is -0.476 e.